The Balaban J connectivity index is 1.45. The highest BCUT2D eigenvalue weighted by molar-refractivity contribution is 7.89. The van der Waals surface area contributed by atoms with Crippen molar-refractivity contribution in [1.29, 1.82) is 0 Å². The monoisotopic (exact) mass is 501 g/mol. The molecule has 1 aromatic heterocycles. The quantitative estimate of drug-likeness (QED) is 0.527. The van der Waals surface area contributed by atoms with E-state index >= 15 is 0 Å². The Morgan fingerprint density at radius 3 is 2.62 bits per heavy atom. The molecule has 8 nitrogen and oxygen atoms in total. The molecule has 1 fully saturated rings. The molecule has 3 heterocycles. The molecule has 0 saturated carbocycles. The standard InChI is InChI=1S/C24H27N3O5S2/c1-3-10-27-19-12-20-21(32-15-31-20)13-22(19)33-24(27)25-23(28)17-6-8-18(9-7-17)34(29,30)26-11-4-5-16(2)14-26/h6-9,12-13,16H,3-5,10-11,14-15H2,1-2H3. The number of carbonyl (C=O) groups excluding carboxylic acids is 1. The third-order valence-electron chi connectivity index (χ3n) is 6.18. The first kappa shape index (κ1) is 23.1. The van der Waals surface area contributed by atoms with Crippen LogP contribution in [-0.4, -0.2) is 43.1 Å². The molecule has 10 heteroatoms. The zero-order valence-corrected chi connectivity index (χ0v) is 20.8. The van der Waals surface area contributed by atoms with E-state index in [9.17, 15) is 13.2 Å². The van der Waals surface area contributed by atoms with Crippen molar-refractivity contribution >= 4 is 37.5 Å². The third kappa shape index (κ3) is 4.25. The lowest BCUT2D eigenvalue weighted by Crippen LogP contribution is -2.39. The van der Waals surface area contributed by atoms with Crippen molar-refractivity contribution in [3.05, 3.63) is 46.8 Å². The van der Waals surface area contributed by atoms with Crippen molar-refractivity contribution in [2.75, 3.05) is 19.9 Å². The summed E-state index contributed by atoms with van der Waals surface area (Å²) < 4.78 is 41.5. The molecule has 0 N–H and O–H groups in total. The Hall–Kier alpha value is -2.69. The first-order valence-electron chi connectivity index (χ1n) is 11.5. The maximum atomic E-state index is 13.0. The van der Waals surface area contributed by atoms with Crippen LogP contribution in [0.5, 0.6) is 11.5 Å². The Kier molecular flexibility index (Phi) is 6.22. The summed E-state index contributed by atoms with van der Waals surface area (Å²) in [5.41, 5.74) is 1.29. The van der Waals surface area contributed by atoms with Crippen molar-refractivity contribution in [2.24, 2.45) is 10.9 Å². The summed E-state index contributed by atoms with van der Waals surface area (Å²) in [5, 5.41) is 0. The van der Waals surface area contributed by atoms with Gasteiger partial charge in [-0.25, -0.2) is 8.42 Å². The molecule has 0 aliphatic carbocycles. The normalized spacial score (nSPS) is 19.1. The number of hydrogen-bond donors (Lipinski definition) is 0. The van der Waals surface area contributed by atoms with Gasteiger partial charge in [-0.1, -0.05) is 25.2 Å². The van der Waals surface area contributed by atoms with Gasteiger partial charge in [-0.2, -0.15) is 9.30 Å². The van der Waals surface area contributed by atoms with Gasteiger partial charge in [0.25, 0.3) is 5.91 Å². The lowest BCUT2D eigenvalue weighted by molar-refractivity contribution is 0.0997. The van der Waals surface area contributed by atoms with Gasteiger partial charge in [-0.3, -0.25) is 4.79 Å². The molecule has 1 amide bonds. The fourth-order valence-corrected chi connectivity index (χ4v) is 7.08. The van der Waals surface area contributed by atoms with E-state index in [-0.39, 0.29) is 11.7 Å². The van der Waals surface area contributed by atoms with E-state index in [4.69, 9.17) is 9.47 Å². The second kappa shape index (κ2) is 9.16. The zero-order valence-electron chi connectivity index (χ0n) is 19.2. The summed E-state index contributed by atoms with van der Waals surface area (Å²) in [6.45, 7) is 6.11. The predicted octanol–water partition coefficient (Wildman–Crippen LogP) is 4.00. The number of thiazole rings is 1. The molecule has 0 radical (unpaired) electrons. The van der Waals surface area contributed by atoms with Crippen LogP contribution < -0.4 is 14.3 Å². The van der Waals surface area contributed by atoms with E-state index in [1.807, 2.05) is 16.7 Å². The molecule has 1 unspecified atom stereocenters. The molecule has 0 spiro atoms. The van der Waals surface area contributed by atoms with Gasteiger partial charge in [0.05, 0.1) is 15.1 Å². The van der Waals surface area contributed by atoms with E-state index in [0.29, 0.717) is 47.4 Å². The maximum Gasteiger partial charge on any atom is 0.279 e. The van der Waals surface area contributed by atoms with Crippen LogP contribution in [0, 0.1) is 5.92 Å². The van der Waals surface area contributed by atoms with Crippen LogP contribution in [0.3, 0.4) is 0 Å². The van der Waals surface area contributed by atoms with Crippen LogP contribution >= 0.6 is 11.3 Å². The molecular weight excluding hydrogens is 474 g/mol. The first-order chi connectivity index (χ1) is 16.4. The molecule has 0 bridgehead atoms. The number of piperidine rings is 1. The van der Waals surface area contributed by atoms with E-state index < -0.39 is 15.9 Å². The van der Waals surface area contributed by atoms with Crippen LogP contribution in [-0.2, 0) is 16.6 Å². The third-order valence-corrected chi connectivity index (χ3v) is 9.10. The molecule has 34 heavy (non-hydrogen) atoms. The van der Waals surface area contributed by atoms with Crippen molar-refractivity contribution in [3.8, 4) is 11.5 Å². The lowest BCUT2D eigenvalue weighted by atomic mass is 10.0. The van der Waals surface area contributed by atoms with Gasteiger partial charge >= 0.3 is 0 Å². The van der Waals surface area contributed by atoms with Crippen molar-refractivity contribution < 1.29 is 22.7 Å². The lowest BCUT2D eigenvalue weighted by Gasteiger charge is -2.30. The summed E-state index contributed by atoms with van der Waals surface area (Å²) in [4.78, 5) is 18.1. The van der Waals surface area contributed by atoms with E-state index in [0.717, 1.165) is 29.5 Å². The molecule has 180 valence electrons. The van der Waals surface area contributed by atoms with Gasteiger partial charge < -0.3 is 14.0 Å². The summed E-state index contributed by atoms with van der Waals surface area (Å²) in [5.74, 6) is 1.31. The van der Waals surface area contributed by atoms with Crippen LogP contribution in [0.1, 0.15) is 43.5 Å². The summed E-state index contributed by atoms with van der Waals surface area (Å²) in [6.07, 6.45) is 2.78. The summed E-state index contributed by atoms with van der Waals surface area (Å²) >= 11 is 1.42. The van der Waals surface area contributed by atoms with Gasteiger partial charge in [0.2, 0.25) is 16.8 Å². The van der Waals surface area contributed by atoms with E-state index in [1.165, 1.54) is 27.8 Å². The zero-order chi connectivity index (χ0) is 23.9. The number of amides is 1. The number of fused-ring (bicyclic) bond motifs is 2. The minimum absolute atomic E-state index is 0.204. The van der Waals surface area contributed by atoms with Crippen LogP contribution in [0.2, 0.25) is 0 Å². The van der Waals surface area contributed by atoms with E-state index in [1.54, 1.807) is 12.1 Å². The Labute approximate surface area is 202 Å². The second-order valence-electron chi connectivity index (χ2n) is 8.76. The highest BCUT2D eigenvalue weighted by Gasteiger charge is 2.28. The smallest absolute Gasteiger partial charge is 0.279 e. The van der Waals surface area contributed by atoms with Gasteiger partial charge in [-0.05, 0) is 49.4 Å². The number of ether oxygens (including phenoxy) is 2. The van der Waals surface area contributed by atoms with Crippen molar-refractivity contribution in [3.63, 3.8) is 0 Å². The number of carbonyl (C=O) groups is 1. The average Bonchev–Trinajstić information content (AvgIpc) is 3.41. The largest absolute Gasteiger partial charge is 0.454 e. The molecule has 2 aromatic carbocycles. The Morgan fingerprint density at radius 1 is 1.18 bits per heavy atom. The molecule has 3 aromatic rings. The van der Waals surface area contributed by atoms with Crippen LogP contribution in [0.4, 0.5) is 0 Å². The number of rotatable bonds is 5. The number of aromatic nitrogens is 1. The number of benzene rings is 2. The van der Waals surface area contributed by atoms with Crippen LogP contribution in [0.15, 0.2) is 46.3 Å². The molecule has 1 saturated heterocycles. The molecule has 2 aliphatic rings. The number of hydrogen-bond acceptors (Lipinski definition) is 6. The molecular formula is C24H27N3O5S2. The fourth-order valence-electron chi connectivity index (χ4n) is 4.42. The van der Waals surface area contributed by atoms with Crippen molar-refractivity contribution in [1.82, 2.24) is 8.87 Å². The number of nitrogens with zero attached hydrogens (tertiary/aromatic N) is 3. The average molecular weight is 502 g/mol. The first-order valence-corrected chi connectivity index (χ1v) is 13.7. The van der Waals surface area contributed by atoms with E-state index in [2.05, 4.69) is 18.8 Å². The molecule has 5 rings (SSSR count). The summed E-state index contributed by atoms with van der Waals surface area (Å²) in [6, 6.07) is 9.93. The topological polar surface area (TPSA) is 90.2 Å². The van der Waals surface area contributed by atoms with Crippen molar-refractivity contribution in [2.45, 2.75) is 44.6 Å². The number of sulfonamides is 1. The minimum Gasteiger partial charge on any atom is -0.454 e. The van der Waals surface area contributed by atoms with Gasteiger partial charge in [0.15, 0.2) is 16.3 Å². The Bertz CT molecular complexity index is 1410. The fraction of sp³-hybridized carbons (Fsp3) is 0.417. The van der Waals surface area contributed by atoms with Crippen LogP contribution in [0.25, 0.3) is 10.2 Å². The summed E-state index contributed by atoms with van der Waals surface area (Å²) in [7, 11) is -3.57. The molecule has 2 aliphatic heterocycles. The number of aryl methyl sites for hydroxylation is 1. The maximum absolute atomic E-state index is 13.0. The Morgan fingerprint density at radius 2 is 1.91 bits per heavy atom. The molecule has 1 atom stereocenters. The highest BCUT2D eigenvalue weighted by atomic mass is 32.2. The van der Waals surface area contributed by atoms with Gasteiger partial charge in [-0.15, -0.1) is 0 Å². The SMILES string of the molecule is CCCn1c(=NC(=O)c2ccc(S(=O)(=O)N3CCCC(C)C3)cc2)sc2cc3c(cc21)OCO3. The highest BCUT2D eigenvalue weighted by Crippen LogP contribution is 2.37. The van der Waals surface area contributed by atoms with Gasteiger partial charge in [0.1, 0.15) is 0 Å². The second-order valence-corrected chi connectivity index (χ2v) is 11.7. The van der Waals surface area contributed by atoms with Gasteiger partial charge in [0, 0.05) is 37.3 Å². The minimum atomic E-state index is -3.57. The predicted molar refractivity (Wildman–Crippen MR) is 130 cm³/mol.